The van der Waals surface area contributed by atoms with Gasteiger partial charge in [0.1, 0.15) is 0 Å². The zero-order chi connectivity index (χ0) is 12.1. The van der Waals surface area contributed by atoms with E-state index in [-0.39, 0.29) is 6.61 Å². The zero-order valence-corrected chi connectivity index (χ0v) is 10.1. The number of morpholine rings is 1. The third-order valence-electron chi connectivity index (χ3n) is 3.26. The first-order valence-corrected chi connectivity index (χ1v) is 6.08. The zero-order valence-electron chi connectivity index (χ0n) is 10.1. The summed E-state index contributed by atoms with van der Waals surface area (Å²) in [4.78, 5) is 2.38. The van der Waals surface area contributed by atoms with E-state index in [0.717, 1.165) is 56.1 Å². The van der Waals surface area contributed by atoms with E-state index in [0.29, 0.717) is 0 Å². The number of nitrogens with zero attached hydrogens (tertiary/aromatic N) is 1. The lowest BCUT2D eigenvalue weighted by Crippen LogP contribution is -2.37. The van der Waals surface area contributed by atoms with E-state index >= 15 is 0 Å². The highest BCUT2D eigenvalue weighted by atomic mass is 16.5. The minimum Gasteiger partial charge on any atom is -0.398 e. The van der Waals surface area contributed by atoms with Gasteiger partial charge in [0.25, 0.3) is 0 Å². The Hall–Kier alpha value is -1.10. The molecule has 0 amide bonds. The molecule has 1 aliphatic heterocycles. The highest BCUT2D eigenvalue weighted by Crippen LogP contribution is 2.18. The molecule has 0 saturated carbocycles. The standard InChI is InChI=1S/C13H20N2O2/c14-13-11(2-1-3-12(13)10-16)4-5-15-6-8-17-9-7-15/h1-3,16H,4-10,14H2. The van der Waals surface area contributed by atoms with Crippen molar-refractivity contribution in [1.82, 2.24) is 4.90 Å². The van der Waals surface area contributed by atoms with Crippen LogP contribution in [-0.4, -0.2) is 42.9 Å². The Bertz CT molecular complexity index is 362. The first kappa shape index (κ1) is 12.4. The summed E-state index contributed by atoms with van der Waals surface area (Å²) in [5.41, 5.74) is 8.70. The molecule has 1 saturated heterocycles. The van der Waals surface area contributed by atoms with Gasteiger partial charge in [-0.3, -0.25) is 4.90 Å². The topological polar surface area (TPSA) is 58.7 Å². The summed E-state index contributed by atoms with van der Waals surface area (Å²) >= 11 is 0. The van der Waals surface area contributed by atoms with Gasteiger partial charge in [-0.05, 0) is 12.0 Å². The van der Waals surface area contributed by atoms with E-state index in [2.05, 4.69) is 4.90 Å². The van der Waals surface area contributed by atoms with Crippen LogP contribution in [0.2, 0.25) is 0 Å². The summed E-state index contributed by atoms with van der Waals surface area (Å²) in [6.07, 6.45) is 0.930. The molecule has 1 aromatic carbocycles. The predicted octanol–water partition coefficient (Wildman–Crippen LogP) is 0.636. The van der Waals surface area contributed by atoms with Crippen molar-refractivity contribution in [1.29, 1.82) is 0 Å². The summed E-state index contributed by atoms with van der Waals surface area (Å²) in [7, 11) is 0. The monoisotopic (exact) mass is 236 g/mol. The van der Waals surface area contributed by atoms with Crippen LogP contribution in [0.4, 0.5) is 5.69 Å². The molecule has 0 unspecified atom stereocenters. The summed E-state index contributed by atoms with van der Waals surface area (Å²) < 4.78 is 5.31. The molecule has 1 fully saturated rings. The van der Waals surface area contributed by atoms with Crippen LogP contribution in [0.1, 0.15) is 11.1 Å². The second-order valence-corrected chi connectivity index (χ2v) is 4.35. The molecule has 94 valence electrons. The van der Waals surface area contributed by atoms with E-state index in [9.17, 15) is 0 Å². The van der Waals surface area contributed by atoms with Crippen LogP contribution >= 0.6 is 0 Å². The Kier molecular flexibility index (Phi) is 4.36. The van der Waals surface area contributed by atoms with Crippen molar-refractivity contribution in [3.05, 3.63) is 29.3 Å². The van der Waals surface area contributed by atoms with Crippen molar-refractivity contribution in [3.63, 3.8) is 0 Å². The Labute approximate surface area is 102 Å². The van der Waals surface area contributed by atoms with Gasteiger partial charge in [0.05, 0.1) is 19.8 Å². The van der Waals surface area contributed by atoms with Gasteiger partial charge < -0.3 is 15.6 Å². The Morgan fingerprint density at radius 2 is 1.94 bits per heavy atom. The average molecular weight is 236 g/mol. The number of para-hydroxylation sites is 1. The van der Waals surface area contributed by atoms with E-state index in [4.69, 9.17) is 15.6 Å². The first-order chi connectivity index (χ1) is 8.31. The van der Waals surface area contributed by atoms with E-state index in [1.165, 1.54) is 0 Å². The van der Waals surface area contributed by atoms with Gasteiger partial charge >= 0.3 is 0 Å². The van der Waals surface area contributed by atoms with Crippen LogP contribution in [0.15, 0.2) is 18.2 Å². The van der Waals surface area contributed by atoms with Crippen molar-refractivity contribution in [2.45, 2.75) is 13.0 Å². The van der Waals surface area contributed by atoms with Gasteiger partial charge in [-0.1, -0.05) is 18.2 Å². The molecule has 17 heavy (non-hydrogen) atoms. The fraction of sp³-hybridized carbons (Fsp3) is 0.538. The smallest absolute Gasteiger partial charge is 0.0702 e. The molecule has 1 heterocycles. The van der Waals surface area contributed by atoms with Crippen molar-refractivity contribution < 1.29 is 9.84 Å². The second kappa shape index (κ2) is 6.00. The molecule has 0 aromatic heterocycles. The van der Waals surface area contributed by atoms with Gasteiger partial charge in [-0.25, -0.2) is 0 Å². The minimum atomic E-state index is 0.0111. The number of anilines is 1. The minimum absolute atomic E-state index is 0.0111. The number of ether oxygens (including phenoxy) is 1. The fourth-order valence-electron chi connectivity index (χ4n) is 2.13. The summed E-state index contributed by atoms with van der Waals surface area (Å²) in [6.45, 7) is 4.66. The van der Waals surface area contributed by atoms with Gasteiger partial charge in [0.2, 0.25) is 0 Å². The number of hydrogen-bond acceptors (Lipinski definition) is 4. The summed E-state index contributed by atoms with van der Waals surface area (Å²) in [5.74, 6) is 0. The molecule has 1 aromatic rings. The number of benzene rings is 1. The molecule has 0 spiro atoms. The third kappa shape index (κ3) is 3.19. The maximum Gasteiger partial charge on any atom is 0.0702 e. The Morgan fingerprint density at radius 3 is 2.65 bits per heavy atom. The van der Waals surface area contributed by atoms with E-state index in [1.54, 1.807) is 0 Å². The number of aliphatic hydroxyl groups excluding tert-OH is 1. The third-order valence-corrected chi connectivity index (χ3v) is 3.26. The molecule has 0 bridgehead atoms. The number of hydrogen-bond donors (Lipinski definition) is 2. The van der Waals surface area contributed by atoms with Crippen molar-refractivity contribution in [3.8, 4) is 0 Å². The fourth-order valence-corrected chi connectivity index (χ4v) is 2.13. The molecular weight excluding hydrogens is 216 g/mol. The van der Waals surface area contributed by atoms with Crippen molar-refractivity contribution in [2.24, 2.45) is 0 Å². The van der Waals surface area contributed by atoms with Crippen molar-refractivity contribution in [2.75, 3.05) is 38.6 Å². The van der Waals surface area contributed by atoms with E-state index < -0.39 is 0 Å². The Balaban J connectivity index is 1.93. The van der Waals surface area contributed by atoms with Crippen LogP contribution in [0, 0.1) is 0 Å². The number of nitrogens with two attached hydrogens (primary N) is 1. The van der Waals surface area contributed by atoms with Crippen LogP contribution < -0.4 is 5.73 Å². The lowest BCUT2D eigenvalue weighted by Gasteiger charge is -2.26. The summed E-state index contributed by atoms with van der Waals surface area (Å²) in [6, 6.07) is 5.86. The highest BCUT2D eigenvalue weighted by molar-refractivity contribution is 5.53. The lowest BCUT2D eigenvalue weighted by molar-refractivity contribution is 0.0384. The first-order valence-electron chi connectivity index (χ1n) is 6.08. The van der Waals surface area contributed by atoms with Crippen LogP contribution in [0.5, 0.6) is 0 Å². The molecular formula is C13H20N2O2. The quantitative estimate of drug-likeness (QED) is 0.753. The maximum absolute atomic E-state index is 9.15. The van der Waals surface area contributed by atoms with Gasteiger partial charge in [-0.15, -0.1) is 0 Å². The van der Waals surface area contributed by atoms with Crippen LogP contribution in [-0.2, 0) is 17.8 Å². The molecule has 4 nitrogen and oxygen atoms in total. The van der Waals surface area contributed by atoms with Crippen molar-refractivity contribution >= 4 is 5.69 Å². The summed E-state index contributed by atoms with van der Waals surface area (Å²) in [5, 5.41) is 9.15. The lowest BCUT2D eigenvalue weighted by atomic mass is 10.0. The van der Waals surface area contributed by atoms with E-state index in [1.807, 2.05) is 18.2 Å². The predicted molar refractivity (Wildman–Crippen MR) is 67.7 cm³/mol. The number of nitrogen functional groups attached to an aromatic ring is 1. The van der Waals surface area contributed by atoms with Crippen LogP contribution in [0.25, 0.3) is 0 Å². The molecule has 0 atom stereocenters. The van der Waals surface area contributed by atoms with Gasteiger partial charge in [0, 0.05) is 30.9 Å². The maximum atomic E-state index is 9.15. The largest absolute Gasteiger partial charge is 0.398 e. The highest BCUT2D eigenvalue weighted by Gasteiger charge is 2.11. The van der Waals surface area contributed by atoms with Crippen LogP contribution in [0.3, 0.4) is 0 Å². The number of aliphatic hydroxyl groups is 1. The number of rotatable bonds is 4. The normalized spacial score (nSPS) is 17.2. The molecule has 0 aliphatic carbocycles. The average Bonchev–Trinajstić information content (AvgIpc) is 2.39. The van der Waals surface area contributed by atoms with Gasteiger partial charge in [0.15, 0.2) is 0 Å². The molecule has 2 rings (SSSR count). The Morgan fingerprint density at radius 1 is 1.24 bits per heavy atom. The molecule has 1 aliphatic rings. The second-order valence-electron chi connectivity index (χ2n) is 4.35. The SMILES string of the molecule is Nc1c(CO)cccc1CCN1CCOCC1. The molecule has 0 radical (unpaired) electrons. The molecule has 4 heteroatoms. The molecule has 3 N–H and O–H groups in total. The van der Waals surface area contributed by atoms with Gasteiger partial charge in [-0.2, -0.15) is 0 Å².